The molecule has 0 spiro atoms. The highest BCUT2D eigenvalue weighted by molar-refractivity contribution is 6.15. The molecule has 1 aromatic rings. The number of amides is 1. The van der Waals surface area contributed by atoms with E-state index >= 15 is 0 Å². The number of para-hydroxylation sites is 2. The second kappa shape index (κ2) is 6.31. The molecule has 1 aliphatic rings. The van der Waals surface area contributed by atoms with Crippen molar-refractivity contribution >= 4 is 23.1 Å². The summed E-state index contributed by atoms with van der Waals surface area (Å²) in [6.07, 6.45) is -0.203. The third-order valence-corrected chi connectivity index (χ3v) is 2.77. The van der Waals surface area contributed by atoms with Crippen LogP contribution >= 0.6 is 0 Å². The summed E-state index contributed by atoms with van der Waals surface area (Å²) >= 11 is 0. The van der Waals surface area contributed by atoms with Crippen LogP contribution in [-0.4, -0.2) is 38.8 Å². The van der Waals surface area contributed by atoms with E-state index in [1.165, 1.54) is 0 Å². The zero-order valence-electron chi connectivity index (χ0n) is 11.0. The average Bonchev–Trinajstić information content (AvgIpc) is 2.57. The maximum absolute atomic E-state index is 11.7. The Morgan fingerprint density at radius 3 is 2.47 bits per heavy atom. The van der Waals surface area contributed by atoms with E-state index in [1.54, 1.807) is 14.2 Å². The summed E-state index contributed by atoms with van der Waals surface area (Å²) in [5.74, 6) is 0.504. The molecule has 1 aliphatic heterocycles. The Labute approximate surface area is 111 Å². The van der Waals surface area contributed by atoms with Crippen LogP contribution in [0.15, 0.2) is 29.3 Å². The Morgan fingerprint density at radius 2 is 1.84 bits per heavy atom. The van der Waals surface area contributed by atoms with Crippen molar-refractivity contribution in [2.75, 3.05) is 31.4 Å². The molecule has 2 N–H and O–H groups in total. The molecule has 1 amide bonds. The van der Waals surface area contributed by atoms with Gasteiger partial charge in [0.15, 0.2) is 6.29 Å². The van der Waals surface area contributed by atoms with Gasteiger partial charge in [0, 0.05) is 14.2 Å². The molecule has 0 fully saturated rings. The number of rotatable bonds is 4. The van der Waals surface area contributed by atoms with E-state index in [4.69, 9.17) is 9.47 Å². The summed E-state index contributed by atoms with van der Waals surface area (Å²) in [4.78, 5) is 16.1. The average molecular weight is 263 g/mol. The second-order valence-corrected chi connectivity index (χ2v) is 4.08. The highest BCUT2D eigenvalue weighted by Crippen LogP contribution is 2.23. The van der Waals surface area contributed by atoms with Crippen molar-refractivity contribution < 1.29 is 14.3 Å². The van der Waals surface area contributed by atoms with Crippen LogP contribution in [0, 0.1) is 0 Å². The summed E-state index contributed by atoms with van der Waals surface area (Å²) < 4.78 is 10.1. The summed E-state index contributed by atoms with van der Waals surface area (Å²) in [6, 6.07) is 7.50. The first-order chi connectivity index (χ1) is 9.22. The second-order valence-electron chi connectivity index (χ2n) is 4.08. The quantitative estimate of drug-likeness (QED) is 0.807. The van der Waals surface area contributed by atoms with E-state index in [9.17, 15) is 4.79 Å². The predicted octanol–water partition coefficient (Wildman–Crippen LogP) is 1.46. The molecule has 6 nitrogen and oxygen atoms in total. The van der Waals surface area contributed by atoms with Crippen LogP contribution in [0.3, 0.4) is 0 Å². The number of aliphatic imine (C=N–C) groups is 1. The van der Waals surface area contributed by atoms with Crippen molar-refractivity contribution in [2.24, 2.45) is 4.99 Å². The Balaban J connectivity index is 2.15. The van der Waals surface area contributed by atoms with Gasteiger partial charge in [-0.25, -0.2) is 0 Å². The number of carbonyl (C=O) groups excluding carboxylic acids is 1. The van der Waals surface area contributed by atoms with E-state index in [2.05, 4.69) is 15.6 Å². The third-order valence-electron chi connectivity index (χ3n) is 2.77. The standard InChI is InChI=1S/C13H17N3O3/c1-18-13(19-2)8-14-11-7-12(17)16-10-6-4-3-5-9(10)15-11/h3-6,13H,7-8H2,1-2H3,(H,14,15)(H,16,17). The van der Waals surface area contributed by atoms with Crippen molar-refractivity contribution in [3.63, 3.8) is 0 Å². The molecule has 0 radical (unpaired) electrons. The lowest BCUT2D eigenvalue weighted by molar-refractivity contribution is -0.115. The molecule has 1 heterocycles. The van der Waals surface area contributed by atoms with E-state index in [0.29, 0.717) is 12.4 Å². The van der Waals surface area contributed by atoms with Crippen molar-refractivity contribution in [3.8, 4) is 0 Å². The number of carbonyl (C=O) groups is 1. The van der Waals surface area contributed by atoms with Crippen molar-refractivity contribution in [3.05, 3.63) is 24.3 Å². The topological polar surface area (TPSA) is 72.0 Å². The van der Waals surface area contributed by atoms with Gasteiger partial charge in [-0.05, 0) is 12.1 Å². The van der Waals surface area contributed by atoms with E-state index in [1.807, 2.05) is 24.3 Å². The van der Waals surface area contributed by atoms with Crippen LogP contribution in [0.1, 0.15) is 6.42 Å². The SMILES string of the molecule is COC(CN=C1CC(=O)Nc2ccccc2N1)OC. The summed E-state index contributed by atoms with van der Waals surface area (Å²) in [5, 5.41) is 5.97. The minimum Gasteiger partial charge on any atom is -0.354 e. The normalized spacial score (nSPS) is 16.8. The molecule has 6 heteroatoms. The first-order valence-electron chi connectivity index (χ1n) is 5.97. The van der Waals surface area contributed by atoms with Gasteiger partial charge in [0.25, 0.3) is 0 Å². The molecule has 2 rings (SSSR count). The fourth-order valence-corrected chi connectivity index (χ4v) is 1.77. The van der Waals surface area contributed by atoms with Gasteiger partial charge in [0.05, 0.1) is 24.3 Å². The number of fused-ring (bicyclic) bond motifs is 1. The van der Waals surface area contributed by atoms with Gasteiger partial charge in [-0.15, -0.1) is 0 Å². The van der Waals surface area contributed by atoms with Gasteiger partial charge >= 0.3 is 0 Å². The number of ether oxygens (including phenoxy) is 2. The van der Waals surface area contributed by atoms with E-state index < -0.39 is 6.29 Å². The molecule has 0 atom stereocenters. The maximum atomic E-state index is 11.7. The summed E-state index contributed by atoms with van der Waals surface area (Å²) in [7, 11) is 3.10. The highest BCUT2D eigenvalue weighted by Gasteiger charge is 2.16. The first kappa shape index (κ1) is 13.5. The minimum absolute atomic E-state index is 0.0948. The van der Waals surface area contributed by atoms with Crippen LogP contribution in [0.25, 0.3) is 0 Å². The Kier molecular flexibility index (Phi) is 4.48. The monoisotopic (exact) mass is 263 g/mol. The van der Waals surface area contributed by atoms with Gasteiger partial charge in [0.2, 0.25) is 5.91 Å². The minimum atomic E-state index is -0.407. The lowest BCUT2D eigenvalue weighted by Gasteiger charge is -2.12. The number of nitrogens with one attached hydrogen (secondary N) is 2. The molecule has 0 aromatic heterocycles. The number of nitrogens with zero attached hydrogens (tertiary/aromatic N) is 1. The number of hydrogen-bond donors (Lipinski definition) is 2. The maximum Gasteiger partial charge on any atom is 0.232 e. The van der Waals surface area contributed by atoms with Crippen molar-refractivity contribution in [2.45, 2.75) is 12.7 Å². The molecule has 0 bridgehead atoms. The molecule has 0 saturated carbocycles. The summed E-state index contributed by atoms with van der Waals surface area (Å²) in [5.41, 5.74) is 1.59. The smallest absolute Gasteiger partial charge is 0.232 e. The fraction of sp³-hybridized carbons (Fsp3) is 0.385. The number of hydrogen-bond acceptors (Lipinski definition) is 4. The van der Waals surface area contributed by atoms with Crippen molar-refractivity contribution in [1.29, 1.82) is 0 Å². The van der Waals surface area contributed by atoms with E-state index in [0.717, 1.165) is 11.4 Å². The Hall–Kier alpha value is -1.92. The van der Waals surface area contributed by atoms with Gasteiger partial charge < -0.3 is 20.1 Å². The molecule has 1 aromatic carbocycles. The predicted molar refractivity (Wildman–Crippen MR) is 73.4 cm³/mol. The number of methoxy groups -OCH3 is 2. The van der Waals surface area contributed by atoms with Crippen LogP contribution in [0.2, 0.25) is 0 Å². The van der Waals surface area contributed by atoms with Crippen molar-refractivity contribution in [1.82, 2.24) is 0 Å². The summed E-state index contributed by atoms with van der Waals surface area (Å²) in [6.45, 7) is 0.338. The number of anilines is 2. The Bertz CT molecular complexity index is 484. The van der Waals surface area contributed by atoms with Crippen LogP contribution in [-0.2, 0) is 14.3 Å². The largest absolute Gasteiger partial charge is 0.354 e. The molecular weight excluding hydrogens is 246 g/mol. The molecular formula is C13H17N3O3. The van der Waals surface area contributed by atoms with Gasteiger partial charge in [-0.2, -0.15) is 0 Å². The van der Waals surface area contributed by atoms with Gasteiger partial charge in [-0.3, -0.25) is 9.79 Å². The van der Waals surface area contributed by atoms with Gasteiger partial charge in [-0.1, -0.05) is 12.1 Å². The Morgan fingerprint density at radius 1 is 1.21 bits per heavy atom. The fourth-order valence-electron chi connectivity index (χ4n) is 1.77. The van der Waals surface area contributed by atoms with Gasteiger partial charge in [0.1, 0.15) is 5.84 Å². The van der Waals surface area contributed by atoms with Crippen LogP contribution in [0.4, 0.5) is 11.4 Å². The number of amidine groups is 1. The molecule has 0 aliphatic carbocycles. The molecule has 0 saturated heterocycles. The third kappa shape index (κ3) is 3.52. The molecule has 0 unspecified atom stereocenters. The number of benzene rings is 1. The van der Waals surface area contributed by atoms with E-state index in [-0.39, 0.29) is 12.3 Å². The van der Waals surface area contributed by atoms with Crippen LogP contribution < -0.4 is 10.6 Å². The molecule has 102 valence electrons. The lowest BCUT2D eigenvalue weighted by atomic mass is 10.2. The zero-order chi connectivity index (χ0) is 13.7. The lowest BCUT2D eigenvalue weighted by Crippen LogP contribution is -2.22. The molecule has 19 heavy (non-hydrogen) atoms. The highest BCUT2D eigenvalue weighted by atomic mass is 16.7. The zero-order valence-corrected chi connectivity index (χ0v) is 11.0. The first-order valence-corrected chi connectivity index (χ1v) is 5.97. The van der Waals surface area contributed by atoms with Crippen LogP contribution in [0.5, 0.6) is 0 Å².